The van der Waals surface area contributed by atoms with Gasteiger partial charge in [0.05, 0.1) is 6.10 Å². The molecular weight excluding hydrogens is 287 g/mol. The summed E-state index contributed by atoms with van der Waals surface area (Å²) < 4.78 is 43.3. The minimum Gasteiger partial charge on any atom is -0.391 e. The number of aliphatic hydroxyl groups is 1. The van der Waals surface area contributed by atoms with Crippen molar-refractivity contribution in [3.63, 3.8) is 0 Å². The zero-order chi connectivity index (χ0) is 16.8. The van der Waals surface area contributed by atoms with Gasteiger partial charge in [0.15, 0.2) is 0 Å². The number of unbranched alkanes of at least 4 members (excludes halogenated alkanes) is 3. The van der Waals surface area contributed by atoms with Crippen LogP contribution in [0, 0.1) is 0 Å². The van der Waals surface area contributed by atoms with Crippen molar-refractivity contribution in [3.8, 4) is 0 Å². The fraction of sp³-hybridized carbons (Fsp3) is 0.857. The van der Waals surface area contributed by atoms with Gasteiger partial charge in [-0.25, -0.2) is 0 Å². The normalized spacial score (nSPS) is 23.2. The molecule has 2 atom stereocenters. The summed E-state index contributed by atoms with van der Waals surface area (Å²) in [4.78, 5) is 24.1. The number of hydrogen-bond acceptors (Lipinski definition) is 3. The predicted molar refractivity (Wildman–Crippen MR) is 70.6 cm³/mol. The van der Waals surface area contributed by atoms with Gasteiger partial charge >= 0.3 is 6.18 Å². The number of hydrogen-bond donors (Lipinski definition) is 1. The van der Waals surface area contributed by atoms with Crippen LogP contribution in [0.5, 0.6) is 0 Å². The Morgan fingerprint density at radius 1 is 1.24 bits per heavy atom. The number of Topliss-reactive ketones (excluding diaryl/α,β-unsaturated/α-hetero) is 1. The molecule has 21 heavy (non-hydrogen) atoms. The van der Waals surface area contributed by atoms with Crippen molar-refractivity contribution < 1.29 is 29.2 Å². The van der Waals surface area contributed by atoms with Crippen molar-refractivity contribution in [1.29, 1.82) is 0 Å². The summed E-state index contributed by atoms with van der Waals surface area (Å²) in [5, 5.41) is 9.51. The maximum atomic E-state index is 12.0. The lowest BCUT2D eigenvalue weighted by Crippen LogP contribution is -2.34. The Balaban J connectivity index is 2.14. The molecule has 1 N–H and O–H groups in total. The van der Waals surface area contributed by atoms with E-state index in [0.29, 0.717) is 25.7 Å². The van der Waals surface area contributed by atoms with Gasteiger partial charge in [0, 0.05) is 26.8 Å². The van der Waals surface area contributed by atoms with E-state index >= 15 is 0 Å². The summed E-state index contributed by atoms with van der Waals surface area (Å²) in [6.07, 6.45) is -3.38. The number of alkyl halides is 3. The van der Waals surface area contributed by atoms with Gasteiger partial charge in [-0.05, 0) is 26.2 Å². The Labute approximate surface area is 123 Å². The number of nitrogens with zero attached hydrogens (tertiary/aromatic N) is 1. The van der Waals surface area contributed by atoms with E-state index in [4.69, 9.17) is 1.37 Å². The lowest BCUT2D eigenvalue weighted by atomic mass is 10.1. The zero-order valence-electron chi connectivity index (χ0n) is 12.9. The number of carbonyl (C=O) groups is 2. The first-order valence-electron chi connectivity index (χ1n) is 7.83. The zero-order valence-corrected chi connectivity index (χ0v) is 11.9. The molecule has 1 heterocycles. The number of likely N-dealkylation sites (tertiary alicyclic amines) is 1. The molecule has 1 rings (SSSR count). The maximum Gasteiger partial charge on any atom is 0.449 e. The van der Waals surface area contributed by atoms with Crippen molar-refractivity contribution >= 4 is 11.7 Å². The van der Waals surface area contributed by atoms with Crippen LogP contribution in [0.1, 0.15) is 53.2 Å². The number of aliphatic hydroxyl groups excluding tert-OH is 1. The van der Waals surface area contributed by atoms with Crippen LogP contribution in [0.15, 0.2) is 0 Å². The molecule has 0 aromatic carbocycles. The standard InChI is InChI=1S/C14H22F3NO3/c1-10-8-11(19)9-18(10)13(21)7-5-3-2-4-6-12(20)14(15,16)17/h10-11,19H,2-9H2,1H3/t10-,11-/m1/s1/i1D. The minimum absolute atomic E-state index is 0.0579. The first-order chi connectivity index (χ1) is 10.3. The van der Waals surface area contributed by atoms with Gasteiger partial charge in [-0.3, -0.25) is 9.59 Å². The molecule has 4 nitrogen and oxygen atoms in total. The summed E-state index contributed by atoms with van der Waals surface area (Å²) in [5.41, 5.74) is 0. The quantitative estimate of drug-likeness (QED) is 0.735. The molecule has 0 aliphatic carbocycles. The van der Waals surface area contributed by atoms with Crippen LogP contribution >= 0.6 is 0 Å². The van der Waals surface area contributed by atoms with E-state index in [1.54, 1.807) is 0 Å². The molecule has 0 saturated carbocycles. The number of halogens is 3. The van der Waals surface area contributed by atoms with E-state index in [9.17, 15) is 27.9 Å². The van der Waals surface area contributed by atoms with Crippen LogP contribution in [0.2, 0.25) is 0 Å². The summed E-state index contributed by atoms with van der Waals surface area (Å²) in [6.45, 7) is 0.310. The topological polar surface area (TPSA) is 57.6 Å². The smallest absolute Gasteiger partial charge is 0.391 e. The van der Waals surface area contributed by atoms with Crippen LogP contribution < -0.4 is 0 Å². The van der Waals surface area contributed by atoms with Crippen molar-refractivity contribution in [1.82, 2.24) is 4.90 Å². The molecule has 1 saturated heterocycles. The Hall–Kier alpha value is -1.11. The first kappa shape index (κ1) is 16.3. The van der Waals surface area contributed by atoms with Crippen LogP contribution in [-0.2, 0) is 9.59 Å². The van der Waals surface area contributed by atoms with Crippen LogP contribution in [0.3, 0.4) is 0 Å². The lowest BCUT2D eigenvalue weighted by Gasteiger charge is -2.21. The SMILES string of the molecule is [2H]C[C@@H]1C[C@@H](O)CN1C(=O)CCCCCCC(=O)C(F)(F)F. The van der Waals surface area contributed by atoms with Crippen LogP contribution in [0.4, 0.5) is 13.2 Å². The average molecular weight is 310 g/mol. The second-order valence-electron chi connectivity index (χ2n) is 5.42. The summed E-state index contributed by atoms with van der Waals surface area (Å²) in [5.74, 6) is -1.83. The van der Waals surface area contributed by atoms with Crippen LogP contribution in [-0.4, -0.2) is 46.6 Å². The summed E-state index contributed by atoms with van der Waals surface area (Å²) in [7, 11) is 0. The average Bonchev–Trinajstić information content (AvgIpc) is 2.82. The third kappa shape index (κ3) is 6.03. The lowest BCUT2D eigenvalue weighted by molar-refractivity contribution is -0.171. The maximum absolute atomic E-state index is 12.0. The Kier molecular flexibility index (Phi) is 6.02. The molecule has 1 aliphatic rings. The minimum atomic E-state index is -4.75. The molecule has 0 aromatic rings. The van der Waals surface area contributed by atoms with Crippen molar-refractivity contribution in [3.05, 3.63) is 0 Å². The number of β-amino-alcohol motifs (C(OH)–C–C–N with tert-alkyl or cyclic N) is 1. The number of carbonyl (C=O) groups excluding carboxylic acids is 2. The second-order valence-corrected chi connectivity index (χ2v) is 5.42. The van der Waals surface area contributed by atoms with E-state index in [1.807, 2.05) is 0 Å². The summed E-state index contributed by atoms with van der Waals surface area (Å²) in [6, 6.07) is -0.244. The second kappa shape index (κ2) is 7.77. The molecule has 1 amide bonds. The Morgan fingerprint density at radius 3 is 2.43 bits per heavy atom. The highest BCUT2D eigenvalue weighted by Gasteiger charge is 2.37. The molecule has 0 spiro atoms. The molecule has 0 unspecified atom stereocenters. The third-order valence-electron chi connectivity index (χ3n) is 3.57. The van der Waals surface area contributed by atoms with E-state index in [1.165, 1.54) is 4.90 Å². The van der Waals surface area contributed by atoms with Gasteiger partial charge in [0.1, 0.15) is 0 Å². The van der Waals surface area contributed by atoms with Gasteiger partial charge in [-0.2, -0.15) is 13.2 Å². The summed E-state index contributed by atoms with van der Waals surface area (Å²) >= 11 is 0. The van der Waals surface area contributed by atoms with Gasteiger partial charge in [-0.15, -0.1) is 0 Å². The van der Waals surface area contributed by atoms with Gasteiger partial charge in [-0.1, -0.05) is 12.8 Å². The predicted octanol–water partition coefficient (Wildman–Crippen LogP) is 2.44. The molecule has 0 bridgehead atoms. The molecular formula is C14H22F3NO3. The van der Waals surface area contributed by atoms with E-state index in [2.05, 4.69) is 0 Å². The van der Waals surface area contributed by atoms with Crippen molar-refractivity contribution in [2.24, 2.45) is 0 Å². The number of ketones is 1. The number of amides is 1. The highest BCUT2D eigenvalue weighted by Crippen LogP contribution is 2.21. The molecule has 1 aliphatic heterocycles. The Morgan fingerprint density at radius 2 is 1.86 bits per heavy atom. The highest BCUT2D eigenvalue weighted by atomic mass is 19.4. The van der Waals surface area contributed by atoms with Crippen LogP contribution in [0.25, 0.3) is 0 Å². The monoisotopic (exact) mass is 310 g/mol. The first-order valence-corrected chi connectivity index (χ1v) is 7.12. The van der Waals surface area contributed by atoms with Gasteiger partial charge in [0.2, 0.25) is 11.7 Å². The van der Waals surface area contributed by atoms with Crippen molar-refractivity contribution in [2.45, 2.75) is 70.2 Å². The fourth-order valence-electron chi connectivity index (χ4n) is 2.40. The largest absolute Gasteiger partial charge is 0.449 e. The molecule has 0 radical (unpaired) electrons. The molecule has 122 valence electrons. The highest BCUT2D eigenvalue weighted by molar-refractivity contribution is 5.83. The molecule has 7 heteroatoms. The molecule has 1 fully saturated rings. The van der Waals surface area contributed by atoms with Gasteiger partial charge in [0.25, 0.3) is 0 Å². The van der Waals surface area contributed by atoms with E-state index in [-0.39, 0.29) is 38.2 Å². The van der Waals surface area contributed by atoms with E-state index < -0.39 is 24.5 Å². The third-order valence-corrected chi connectivity index (χ3v) is 3.57. The van der Waals surface area contributed by atoms with E-state index in [0.717, 1.165) is 0 Å². The Bertz CT molecular complexity index is 390. The van der Waals surface area contributed by atoms with Crippen molar-refractivity contribution in [2.75, 3.05) is 6.54 Å². The van der Waals surface area contributed by atoms with Gasteiger partial charge < -0.3 is 10.0 Å². The molecule has 0 aromatic heterocycles. The fourth-order valence-corrected chi connectivity index (χ4v) is 2.40. The number of rotatable bonds is 7.